The van der Waals surface area contributed by atoms with Crippen LogP contribution in [0.5, 0.6) is 0 Å². The highest BCUT2D eigenvalue weighted by atomic mass is 16.7. The van der Waals surface area contributed by atoms with E-state index in [1.807, 2.05) is 61.5 Å². The number of imide groups is 1. The third-order valence-electron chi connectivity index (χ3n) is 6.18. The summed E-state index contributed by atoms with van der Waals surface area (Å²) in [5, 5.41) is 1.68. The van der Waals surface area contributed by atoms with E-state index in [1.54, 1.807) is 36.3 Å². The predicted molar refractivity (Wildman–Crippen MR) is 126 cm³/mol. The van der Waals surface area contributed by atoms with Gasteiger partial charge in [0.15, 0.2) is 6.10 Å². The lowest BCUT2D eigenvalue weighted by atomic mass is 9.90. The van der Waals surface area contributed by atoms with Crippen molar-refractivity contribution in [2.24, 2.45) is 5.92 Å². The molecule has 0 radical (unpaired) electrons. The molecule has 34 heavy (non-hydrogen) atoms. The van der Waals surface area contributed by atoms with Crippen LogP contribution in [0.25, 0.3) is 0 Å². The van der Waals surface area contributed by atoms with Crippen molar-refractivity contribution in [3.05, 3.63) is 95.6 Å². The van der Waals surface area contributed by atoms with Crippen LogP contribution in [0.2, 0.25) is 0 Å². The van der Waals surface area contributed by atoms with Gasteiger partial charge in [-0.2, -0.15) is 0 Å². The molecule has 2 saturated heterocycles. The number of fused-ring (bicyclic) bond motifs is 1. The van der Waals surface area contributed by atoms with Crippen LogP contribution in [0.15, 0.2) is 78.9 Å². The van der Waals surface area contributed by atoms with Gasteiger partial charge in [-0.1, -0.05) is 48.0 Å². The number of hydroxylamine groups is 1. The molecule has 5 rings (SSSR count). The van der Waals surface area contributed by atoms with E-state index in [-0.39, 0.29) is 12.5 Å². The summed E-state index contributed by atoms with van der Waals surface area (Å²) in [4.78, 5) is 46.3. The number of hydrogen-bond acceptors (Lipinski definition) is 6. The van der Waals surface area contributed by atoms with E-state index in [0.717, 1.165) is 21.7 Å². The smallest absolute Gasteiger partial charge is 0.338 e. The van der Waals surface area contributed by atoms with Crippen molar-refractivity contribution in [1.29, 1.82) is 0 Å². The topological polar surface area (TPSA) is 76.2 Å². The Morgan fingerprint density at radius 3 is 2.21 bits per heavy atom. The number of benzene rings is 3. The van der Waals surface area contributed by atoms with Crippen LogP contribution in [-0.4, -0.2) is 30.5 Å². The average Bonchev–Trinajstić information content (AvgIpc) is 3.36. The molecule has 3 aromatic carbocycles. The Bertz CT molecular complexity index is 1220. The maximum absolute atomic E-state index is 13.7. The summed E-state index contributed by atoms with van der Waals surface area (Å²) in [7, 11) is 0. The van der Waals surface area contributed by atoms with Gasteiger partial charge in [0.25, 0.3) is 5.91 Å². The first kappa shape index (κ1) is 21.9. The first-order valence-electron chi connectivity index (χ1n) is 11.2. The molecule has 2 fully saturated rings. The Hall–Kier alpha value is -3.97. The van der Waals surface area contributed by atoms with Crippen LogP contribution in [0.1, 0.15) is 34.5 Å². The van der Waals surface area contributed by atoms with Gasteiger partial charge >= 0.3 is 5.97 Å². The van der Waals surface area contributed by atoms with Crippen LogP contribution < -0.4 is 9.96 Å². The van der Waals surface area contributed by atoms with Crippen molar-refractivity contribution in [2.75, 3.05) is 16.6 Å². The van der Waals surface area contributed by atoms with Crippen LogP contribution >= 0.6 is 0 Å². The van der Waals surface area contributed by atoms with Gasteiger partial charge in [-0.3, -0.25) is 14.4 Å². The Morgan fingerprint density at radius 2 is 1.56 bits per heavy atom. The first-order valence-corrected chi connectivity index (χ1v) is 11.2. The van der Waals surface area contributed by atoms with E-state index in [1.165, 1.54) is 0 Å². The number of esters is 1. The molecule has 7 heteroatoms. The number of anilines is 2. The van der Waals surface area contributed by atoms with Crippen molar-refractivity contribution in [2.45, 2.75) is 26.0 Å². The lowest BCUT2D eigenvalue weighted by Gasteiger charge is -2.28. The van der Waals surface area contributed by atoms with Gasteiger partial charge in [-0.25, -0.2) is 14.8 Å². The summed E-state index contributed by atoms with van der Waals surface area (Å²) < 4.78 is 5.01. The van der Waals surface area contributed by atoms with E-state index < -0.39 is 29.9 Å². The fourth-order valence-electron chi connectivity index (χ4n) is 4.53. The fourth-order valence-corrected chi connectivity index (χ4v) is 4.53. The number of nitrogens with zero attached hydrogens (tertiary/aromatic N) is 2. The molecule has 2 amide bonds. The van der Waals surface area contributed by atoms with Crippen LogP contribution in [0, 0.1) is 12.8 Å². The fraction of sp³-hybridized carbons (Fsp3) is 0.222. The second kappa shape index (κ2) is 8.76. The molecule has 2 aliphatic heterocycles. The van der Waals surface area contributed by atoms with Crippen molar-refractivity contribution >= 4 is 29.2 Å². The van der Waals surface area contributed by atoms with E-state index in [4.69, 9.17) is 9.57 Å². The Morgan fingerprint density at radius 1 is 0.882 bits per heavy atom. The van der Waals surface area contributed by atoms with E-state index >= 15 is 0 Å². The van der Waals surface area contributed by atoms with Crippen molar-refractivity contribution < 1.29 is 24.0 Å². The molecule has 0 aliphatic carbocycles. The van der Waals surface area contributed by atoms with Gasteiger partial charge in [0.2, 0.25) is 5.91 Å². The van der Waals surface area contributed by atoms with Crippen molar-refractivity contribution in [3.63, 3.8) is 0 Å². The molecule has 0 saturated carbocycles. The summed E-state index contributed by atoms with van der Waals surface area (Å²) >= 11 is 0. The molecule has 7 nitrogen and oxygen atoms in total. The monoisotopic (exact) mass is 456 g/mol. The minimum atomic E-state index is -0.941. The second-order valence-electron chi connectivity index (χ2n) is 8.35. The van der Waals surface area contributed by atoms with Crippen molar-refractivity contribution in [3.8, 4) is 0 Å². The zero-order chi connectivity index (χ0) is 23.8. The summed E-state index contributed by atoms with van der Waals surface area (Å²) in [6.45, 7) is 4.00. The van der Waals surface area contributed by atoms with Crippen molar-refractivity contribution in [1.82, 2.24) is 0 Å². The van der Waals surface area contributed by atoms with Crippen LogP contribution in [0.4, 0.5) is 11.4 Å². The normalized spacial score (nSPS) is 21.6. The lowest BCUT2D eigenvalue weighted by molar-refractivity contribution is -0.126. The number of carbonyl (C=O) groups is 3. The van der Waals surface area contributed by atoms with E-state index in [2.05, 4.69) is 0 Å². The van der Waals surface area contributed by atoms with Gasteiger partial charge < -0.3 is 4.74 Å². The van der Waals surface area contributed by atoms with E-state index in [0.29, 0.717) is 11.3 Å². The molecule has 172 valence electrons. The quantitative estimate of drug-likeness (QED) is 0.423. The number of ether oxygens (including phenoxy) is 1. The molecule has 0 aromatic heterocycles. The highest BCUT2D eigenvalue weighted by Gasteiger charge is 2.60. The number of rotatable bonds is 5. The number of carbonyl (C=O) groups excluding carboxylic acids is 3. The number of hydrogen-bond donors (Lipinski definition) is 0. The molecule has 0 spiro atoms. The van der Waals surface area contributed by atoms with Gasteiger partial charge in [0, 0.05) is 0 Å². The first-order chi connectivity index (χ1) is 16.5. The minimum Gasteiger partial charge on any atom is -0.462 e. The number of aryl methyl sites for hydroxylation is 1. The SMILES string of the molecule is CCOC(=O)c1ccc(N2C(=O)C3ON(c4ccccc4)C(c4ccc(C)cc4)C3C2=O)cc1. The molecule has 3 atom stereocenters. The second-order valence-corrected chi connectivity index (χ2v) is 8.35. The minimum absolute atomic E-state index is 0.267. The van der Waals surface area contributed by atoms with Gasteiger partial charge in [-0.05, 0) is 55.8 Å². The van der Waals surface area contributed by atoms with Gasteiger partial charge in [0.1, 0.15) is 5.92 Å². The van der Waals surface area contributed by atoms with E-state index in [9.17, 15) is 14.4 Å². The Balaban J connectivity index is 1.50. The highest BCUT2D eigenvalue weighted by Crippen LogP contribution is 2.47. The molecule has 2 aliphatic rings. The Labute approximate surface area is 197 Å². The number of amides is 2. The third kappa shape index (κ3) is 3.64. The standard InChI is InChI=1S/C27H24N2O5/c1-3-33-27(32)19-13-15-20(16-14-19)28-25(30)22-23(18-11-9-17(2)10-12-18)29(34-24(22)26(28)31)21-7-5-4-6-8-21/h4-16,22-24H,3H2,1-2H3. The maximum Gasteiger partial charge on any atom is 0.338 e. The summed E-state index contributed by atoms with van der Waals surface area (Å²) in [5.74, 6) is -1.91. The molecular weight excluding hydrogens is 432 g/mol. The maximum atomic E-state index is 13.7. The molecule has 3 aromatic rings. The molecule has 0 bridgehead atoms. The largest absolute Gasteiger partial charge is 0.462 e. The number of para-hydroxylation sites is 1. The predicted octanol–water partition coefficient (Wildman–Crippen LogP) is 4.22. The molecule has 0 N–H and O–H groups in total. The summed E-state index contributed by atoms with van der Waals surface area (Å²) in [6.07, 6.45) is -0.941. The summed E-state index contributed by atoms with van der Waals surface area (Å²) in [6, 6.07) is 23.2. The zero-order valence-electron chi connectivity index (χ0n) is 18.9. The molecular formula is C27H24N2O5. The van der Waals surface area contributed by atoms with Crippen LogP contribution in [0.3, 0.4) is 0 Å². The van der Waals surface area contributed by atoms with Gasteiger partial charge in [0.05, 0.1) is 29.6 Å². The zero-order valence-corrected chi connectivity index (χ0v) is 18.9. The molecule has 3 unspecified atom stereocenters. The van der Waals surface area contributed by atoms with Gasteiger partial charge in [-0.15, -0.1) is 0 Å². The third-order valence-corrected chi connectivity index (χ3v) is 6.18. The summed E-state index contributed by atoms with van der Waals surface area (Å²) in [5.41, 5.74) is 3.52. The lowest BCUT2D eigenvalue weighted by Crippen LogP contribution is -2.37. The Kier molecular flexibility index (Phi) is 5.63. The average molecular weight is 456 g/mol. The molecule has 2 heterocycles. The van der Waals surface area contributed by atoms with Crippen LogP contribution in [-0.2, 0) is 19.2 Å². The highest BCUT2D eigenvalue weighted by molar-refractivity contribution is 6.24.